The number of nitrogens with zero attached hydrogens (tertiary/aromatic N) is 1. The Balaban J connectivity index is 1.62. The van der Waals surface area contributed by atoms with Crippen LogP contribution in [-0.2, 0) is 0 Å². The number of ether oxygens (including phenoxy) is 1. The number of hydrogen-bond acceptors (Lipinski definition) is 4. The number of halogens is 1. The second-order valence-electron chi connectivity index (χ2n) is 5.86. The van der Waals surface area contributed by atoms with E-state index in [0.717, 1.165) is 20.8 Å². The number of methoxy groups -OCH3 is 1. The second kappa shape index (κ2) is 7.39. The molecule has 4 nitrogen and oxygen atoms in total. The zero-order chi connectivity index (χ0) is 18.8. The lowest BCUT2D eigenvalue weighted by Gasteiger charge is -2.08. The van der Waals surface area contributed by atoms with Gasteiger partial charge in [0.1, 0.15) is 10.8 Å². The van der Waals surface area contributed by atoms with Crippen molar-refractivity contribution in [1.82, 2.24) is 4.98 Å². The zero-order valence-electron chi connectivity index (χ0n) is 14.4. The smallest absolute Gasteiger partial charge is 0.255 e. The molecule has 0 fully saturated rings. The van der Waals surface area contributed by atoms with Crippen molar-refractivity contribution in [3.63, 3.8) is 0 Å². The Kier molecular flexibility index (Phi) is 4.79. The monoisotopic (exact) mass is 394 g/mol. The molecule has 27 heavy (non-hydrogen) atoms. The molecule has 1 N–H and O–H groups in total. The van der Waals surface area contributed by atoms with Crippen molar-refractivity contribution in [2.45, 2.75) is 0 Å². The van der Waals surface area contributed by atoms with Gasteiger partial charge in [-0.2, -0.15) is 0 Å². The number of nitrogens with one attached hydrogen (secondary N) is 1. The maximum atomic E-state index is 12.5. The molecule has 4 rings (SSSR count). The third-order valence-corrected chi connectivity index (χ3v) is 5.50. The lowest BCUT2D eigenvalue weighted by atomic mass is 10.1. The van der Waals surface area contributed by atoms with E-state index in [1.807, 2.05) is 30.3 Å². The Hall–Kier alpha value is -2.89. The number of hydrogen-bond donors (Lipinski definition) is 1. The molecule has 1 amide bonds. The van der Waals surface area contributed by atoms with Gasteiger partial charge < -0.3 is 10.1 Å². The molecular weight excluding hydrogens is 380 g/mol. The van der Waals surface area contributed by atoms with Crippen molar-refractivity contribution in [3.8, 4) is 16.3 Å². The van der Waals surface area contributed by atoms with Gasteiger partial charge in [0.25, 0.3) is 5.91 Å². The first-order valence-corrected chi connectivity index (χ1v) is 9.44. The van der Waals surface area contributed by atoms with Gasteiger partial charge in [-0.25, -0.2) is 4.98 Å². The standard InChI is InChI=1S/C21H15ClN2O2S/c1-26-15-9-6-13(7-10-15)20(25)23-14-8-11-17(22)16(12-14)21-24-18-4-2-3-5-19(18)27-21/h2-12H,1H3,(H,23,25). The van der Waals surface area contributed by atoms with Gasteiger partial charge in [-0.3, -0.25) is 4.79 Å². The summed E-state index contributed by atoms with van der Waals surface area (Å²) in [6.07, 6.45) is 0. The van der Waals surface area contributed by atoms with Gasteiger partial charge in [0.2, 0.25) is 0 Å². The quantitative estimate of drug-likeness (QED) is 0.470. The average Bonchev–Trinajstić information content (AvgIpc) is 3.13. The molecule has 0 aliphatic rings. The van der Waals surface area contributed by atoms with Gasteiger partial charge in [0.15, 0.2) is 0 Å². The first kappa shape index (κ1) is 17.5. The number of carbonyl (C=O) groups is 1. The molecule has 1 aromatic heterocycles. The minimum Gasteiger partial charge on any atom is -0.497 e. The molecule has 0 radical (unpaired) electrons. The van der Waals surface area contributed by atoms with Crippen LogP contribution in [0.25, 0.3) is 20.8 Å². The van der Waals surface area contributed by atoms with Crippen LogP contribution in [0, 0.1) is 0 Å². The third kappa shape index (κ3) is 3.65. The Morgan fingerprint density at radius 2 is 1.85 bits per heavy atom. The largest absolute Gasteiger partial charge is 0.497 e. The highest BCUT2D eigenvalue weighted by Crippen LogP contribution is 2.36. The molecule has 3 aromatic carbocycles. The van der Waals surface area contributed by atoms with E-state index in [1.54, 1.807) is 54.8 Å². The Morgan fingerprint density at radius 3 is 2.59 bits per heavy atom. The maximum absolute atomic E-state index is 12.5. The van der Waals surface area contributed by atoms with E-state index in [-0.39, 0.29) is 5.91 Å². The summed E-state index contributed by atoms with van der Waals surface area (Å²) in [6.45, 7) is 0. The van der Waals surface area contributed by atoms with Crippen LogP contribution in [0.5, 0.6) is 5.75 Å². The van der Waals surface area contributed by atoms with Crippen LogP contribution in [0.4, 0.5) is 5.69 Å². The first-order chi connectivity index (χ1) is 13.1. The van der Waals surface area contributed by atoms with E-state index >= 15 is 0 Å². The van der Waals surface area contributed by atoms with Crippen molar-refractivity contribution < 1.29 is 9.53 Å². The van der Waals surface area contributed by atoms with E-state index in [0.29, 0.717) is 22.0 Å². The molecule has 0 aliphatic heterocycles. The minimum absolute atomic E-state index is 0.199. The van der Waals surface area contributed by atoms with Crippen LogP contribution < -0.4 is 10.1 Å². The highest BCUT2D eigenvalue weighted by molar-refractivity contribution is 7.21. The molecule has 134 valence electrons. The number of carbonyl (C=O) groups excluding carboxylic acids is 1. The normalized spacial score (nSPS) is 10.7. The van der Waals surface area contributed by atoms with Crippen LogP contribution in [0.15, 0.2) is 66.7 Å². The van der Waals surface area contributed by atoms with Gasteiger partial charge in [-0.05, 0) is 54.6 Å². The number of fused-ring (bicyclic) bond motifs is 1. The number of thiazole rings is 1. The van der Waals surface area contributed by atoms with E-state index in [1.165, 1.54) is 0 Å². The Labute approximate surface area is 165 Å². The van der Waals surface area contributed by atoms with E-state index in [2.05, 4.69) is 10.3 Å². The zero-order valence-corrected chi connectivity index (χ0v) is 16.0. The molecule has 4 aromatic rings. The summed E-state index contributed by atoms with van der Waals surface area (Å²) >= 11 is 7.96. The fraction of sp³-hybridized carbons (Fsp3) is 0.0476. The van der Waals surface area contributed by atoms with Crippen molar-refractivity contribution in [2.24, 2.45) is 0 Å². The van der Waals surface area contributed by atoms with Crippen LogP contribution >= 0.6 is 22.9 Å². The van der Waals surface area contributed by atoms with Crippen LogP contribution in [0.3, 0.4) is 0 Å². The molecule has 6 heteroatoms. The number of amides is 1. The summed E-state index contributed by atoms with van der Waals surface area (Å²) in [5.74, 6) is 0.506. The third-order valence-electron chi connectivity index (χ3n) is 4.10. The number of rotatable bonds is 4. The number of para-hydroxylation sites is 1. The van der Waals surface area contributed by atoms with E-state index < -0.39 is 0 Å². The summed E-state index contributed by atoms with van der Waals surface area (Å²) in [6, 6.07) is 20.3. The van der Waals surface area contributed by atoms with Crippen LogP contribution in [0.2, 0.25) is 5.02 Å². The van der Waals surface area contributed by atoms with Crippen molar-refractivity contribution in [2.75, 3.05) is 12.4 Å². The topological polar surface area (TPSA) is 51.2 Å². The maximum Gasteiger partial charge on any atom is 0.255 e. The average molecular weight is 395 g/mol. The number of benzene rings is 3. The minimum atomic E-state index is -0.199. The summed E-state index contributed by atoms with van der Waals surface area (Å²) in [5.41, 5.74) is 2.94. The lowest BCUT2D eigenvalue weighted by molar-refractivity contribution is 0.102. The molecule has 1 heterocycles. The highest BCUT2D eigenvalue weighted by atomic mass is 35.5. The Morgan fingerprint density at radius 1 is 1.07 bits per heavy atom. The highest BCUT2D eigenvalue weighted by Gasteiger charge is 2.12. The van der Waals surface area contributed by atoms with Gasteiger partial charge in [-0.1, -0.05) is 23.7 Å². The molecular formula is C21H15ClN2O2S. The molecule has 0 aliphatic carbocycles. The summed E-state index contributed by atoms with van der Waals surface area (Å²) in [7, 11) is 1.59. The summed E-state index contributed by atoms with van der Waals surface area (Å²) < 4.78 is 6.21. The van der Waals surface area contributed by atoms with Crippen molar-refractivity contribution >= 4 is 44.7 Å². The van der Waals surface area contributed by atoms with Crippen molar-refractivity contribution in [3.05, 3.63) is 77.3 Å². The molecule has 0 spiro atoms. The van der Waals surface area contributed by atoms with Crippen molar-refractivity contribution in [1.29, 1.82) is 0 Å². The summed E-state index contributed by atoms with van der Waals surface area (Å²) in [5, 5.41) is 4.32. The van der Waals surface area contributed by atoms with Gasteiger partial charge >= 0.3 is 0 Å². The van der Waals surface area contributed by atoms with Gasteiger partial charge in [-0.15, -0.1) is 11.3 Å². The number of anilines is 1. The summed E-state index contributed by atoms with van der Waals surface area (Å²) in [4.78, 5) is 17.1. The number of aromatic nitrogens is 1. The van der Waals surface area contributed by atoms with E-state index in [9.17, 15) is 4.79 Å². The molecule has 0 saturated heterocycles. The molecule has 0 saturated carbocycles. The predicted octanol–water partition coefficient (Wildman–Crippen LogP) is 5.88. The molecule has 0 unspecified atom stereocenters. The molecule has 0 atom stereocenters. The predicted molar refractivity (Wildman–Crippen MR) is 111 cm³/mol. The van der Waals surface area contributed by atoms with Gasteiger partial charge in [0, 0.05) is 16.8 Å². The lowest BCUT2D eigenvalue weighted by Crippen LogP contribution is -2.11. The first-order valence-electron chi connectivity index (χ1n) is 8.25. The fourth-order valence-electron chi connectivity index (χ4n) is 2.70. The SMILES string of the molecule is COc1ccc(C(=O)Nc2ccc(Cl)c(-c3nc4ccccc4s3)c2)cc1. The van der Waals surface area contributed by atoms with Gasteiger partial charge in [0.05, 0.1) is 22.3 Å². The molecule has 0 bridgehead atoms. The second-order valence-corrected chi connectivity index (χ2v) is 7.30. The fourth-order valence-corrected chi connectivity index (χ4v) is 3.96. The van der Waals surface area contributed by atoms with Crippen LogP contribution in [-0.4, -0.2) is 18.0 Å². The van der Waals surface area contributed by atoms with Crippen LogP contribution in [0.1, 0.15) is 10.4 Å². The van der Waals surface area contributed by atoms with E-state index in [4.69, 9.17) is 16.3 Å². The Bertz CT molecular complexity index is 1090.